The number of carbonyl (C=O) groups is 2. The van der Waals surface area contributed by atoms with Crippen LogP contribution in [0, 0.1) is 0 Å². The van der Waals surface area contributed by atoms with Gasteiger partial charge in [-0.1, -0.05) is 71.0 Å². The smallest absolute Gasteiger partial charge is 0.244 e. The van der Waals surface area contributed by atoms with E-state index in [-0.39, 0.29) is 33.7 Å². The summed E-state index contributed by atoms with van der Waals surface area (Å²) in [7, 11) is -2.56. The number of hydrogen-bond donors (Lipinski definition) is 1. The Bertz CT molecular complexity index is 1170. The van der Waals surface area contributed by atoms with E-state index in [1.54, 1.807) is 25.1 Å². The first-order valence-electron chi connectivity index (χ1n) is 9.88. The summed E-state index contributed by atoms with van der Waals surface area (Å²) in [5.74, 6) is -1.11. The molecule has 34 heavy (non-hydrogen) atoms. The van der Waals surface area contributed by atoms with Crippen molar-refractivity contribution in [2.75, 3.05) is 24.2 Å². The molecule has 0 heterocycles. The predicted molar refractivity (Wildman–Crippen MR) is 139 cm³/mol. The molecule has 0 fully saturated rings. The first kappa shape index (κ1) is 28.8. The van der Waals surface area contributed by atoms with Crippen LogP contribution < -0.4 is 9.62 Å². The number of likely N-dealkylation sites (N-methyl/N-ethyl adjacent to an activating group) is 1. The zero-order valence-electron chi connectivity index (χ0n) is 18.4. The van der Waals surface area contributed by atoms with E-state index >= 15 is 0 Å². The molecule has 0 aliphatic rings. The van der Waals surface area contributed by atoms with E-state index in [1.807, 2.05) is 0 Å². The molecule has 0 radical (unpaired) electrons. The van der Waals surface area contributed by atoms with Crippen molar-refractivity contribution in [3.63, 3.8) is 0 Å². The first-order valence-corrected chi connectivity index (χ1v) is 13.6. The molecule has 0 aliphatic heterocycles. The largest absolute Gasteiger partial charge is 0.357 e. The van der Waals surface area contributed by atoms with Gasteiger partial charge in [-0.2, -0.15) is 0 Å². The van der Waals surface area contributed by atoms with Gasteiger partial charge >= 0.3 is 0 Å². The maximum Gasteiger partial charge on any atom is 0.244 e. The second kappa shape index (κ2) is 12.0. The van der Waals surface area contributed by atoms with Gasteiger partial charge in [0.05, 0.1) is 27.0 Å². The Labute approximate surface area is 223 Å². The van der Waals surface area contributed by atoms with Crippen molar-refractivity contribution in [3.05, 3.63) is 61.0 Å². The molecule has 1 unspecified atom stereocenters. The first-order chi connectivity index (χ1) is 15.8. The third-order valence-electron chi connectivity index (χ3n) is 4.96. The van der Waals surface area contributed by atoms with E-state index < -0.39 is 34.4 Å². The van der Waals surface area contributed by atoms with Gasteiger partial charge in [-0.3, -0.25) is 13.9 Å². The number of nitrogens with zero attached hydrogens (tertiary/aromatic N) is 2. The summed E-state index contributed by atoms with van der Waals surface area (Å²) in [6.45, 7) is 0.931. The Morgan fingerprint density at radius 3 is 2.03 bits per heavy atom. The maximum atomic E-state index is 13.5. The number of sulfonamides is 1. The Kier molecular flexibility index (Phi) is 10.2. The lowest BCUT2D eigenvalue weighted by Crippen LogP contribution is -2.51. The minimum Gasteiger partial charge on any atom is -0.357 e. The maximum absolute atomic E-state index is 13.5. The second-order valence-corrected chi connectivity index (χ2v) is 11.2. The highest BCUT2D eigenvalue weighted by Gasteiger charge is 2.33. The molecule has 2 rings (SSSR count). The van der Waals surface area contributed by atoms with Gasteiger partial charge in [-0.25, -0.2) is 8.42 Å². The number of hydrogen-bond acceptors (Lipinski definition) is 4. The summed E-state index contributed by atoms with van der Waals surface area (Å²) in [4.78, 5) is 27.3. The van der Waals surface area contributed by atoms with Crippen LogP contribution in [0.4, 0.5) is 5.69 Å². The van der Waals surface area contributed by atoms with Crippen LogP contribution in [0.15, 0.2) is 30.3 Å². The second-order valence-electron chi connectivity index (χ2n) is 7.25. The lowest BCUT2D eigenvalue weighted by atomic mass is 10.1. The van der Waals surface area contributed by atoms with Crippen molar-refractivity contribution in [1.82, 2.24) is 10.2 Å². The fraction of sp³-hybridized carbons (Fsp3) is 0.333. The summed E-state index contributed by atoms with van der Waals surface area (Å²) in [5.41, 5.74) is 0.385. The fourth-order valence-electron chi connectivity index (χ4n) is 3.24. The molecule has 0 spiro atoms. The number of nitrogens with one attached hydrogen (secondary N) is 1. The van der Waals surface area contributed by atoms with Crippen molar-refractivity contribution in [1.29, 1.82) is 0 Å². The lowest BCUT2D eigenvalue weighted by Gasteiger charge is -2.33. The number of rotatable bonds is 9. The van der Waals surface area contributed by atoms with Crippen LogP contribution in [0.2, 0.25) is 25.1 Å². The monoisotopic (exact) mass is 587 g/mol. The van der Waals surface area contributed by atoms with Crippen LogP contribution in [-0.4, -0.2) is 51.0 Å². The van der Waals surface area contributed by atoms with Crippen LogP contribution in [0.25, 0.3) is 0 Å². The van der Waals surface area contributed by atoms with Gasteiger partial charge in [0.15, 0.2) is 0 Å². The van der Waals surface area contributed by atoms with E-state index in [0.717, 1.165) is 10.6 Å². The van der Waals surface area contributed by atoms with Gasteiger partial charge in [-0.15, -0.1) is 0 Å². The number of carbonyl (C=O) groups excluding carboxylic acids is 2. The number of benzene rings is 2. The van der Waals surface area contributed by atoms with Gasteiger partial charge in [0, 0.05) is 29.2 Å². The van der Waals surface area contributed by atoms with Crippen molar-refractivity contribution in [2.45, 2.75) is 25.9 Å². The summed E-state index contributed by atoms with van der Waals surface area (Å²) in [6.07, 6.45) is 1.17. The summed E-state index contributed by atoms with van der Waals surface area (Å²) < 4.78 is 26.1. The normalized spacial score (nSPS) is 12.2. The lowest BCUT2D eigenvalue weighted by molar-refractivity contribution is -0.140. The van der Waals surface area contributed by atoms with Crippen molar-refractivity contribution in [3.8, 4) is 0 Å². The zero-order valence-corrected chi connectivity index (χ0v) is 23.0. The van der Waals surface area contributed by atoms with Gasteiger partial charge in [0.25, 0.3) is 0 Å². The third-order valence-corrected chi connectivity index (χ3v) is 7.82. The van der Waals surface area contributed by atoms with Gasteiger partial charge in [0.2, 0.25) is 21.8 Å². The molecule has 2 aromatic rings. The van der Waals surface area contributed by atoms with Crippen molar-refractivity contribution >= 4 is 85.5 Å². The summed E-state index contributed by atoms with van der Waals surface area (Å²) in [6, 6.07) is 6.47. The summed E-state index contributed by atoms with van der Waals surface area (Å²) in [5, 5.41) is 3.27. The Balaban J connectivity index is 2.56. The molecule has 0 aliphatic carbocycles. The molecule has 2 amide bonds. The molecule has 1 atom stereocenters. The van der Waals surface area contributed by atoms with E-state index in [9.17, 15) is 18.0 Å². The topological polar surface area (TPSA) is 86.8 Å². The van der Waals surface area contributed by atoms with Crippen LogP contribution in [-0.2, 0) is 26.2 Å². The number of halogens is 5. The van der Waals surface area contributed by atoms with E-state index in [2.05, 4.69) is 5.32 Å². The molecule has 1 N–H and O–H groups in total. The quantitative estimate of drug-likeness (QED) is 0.404. The number of amides is 2. The van der Waals surface area contributed by atoms with Crippen molar-refractivity contribution in [2.24, 2.45) is 0 Å². The average molecular weight is 590 g/mol. The standard InChI is InChI=1S/C21H22Cl5N3O4S/c1-4-18(21(31)27-2)28(10-12-13(22)6-5-7-14(12)23)20(30)11-29(34(3,32)33)19-9-16(25)15(24)8-17(19)26/h5-9,18H,4,10-11H2,1-3H3,(H,27,31). The van der Waals surface area contributed by atoms with Crippen LogP contribution in [0.5, 0.6) is 0 Å². The zero-order chi connectivity index (χ0) is 25.8. The Hall–Kier alpha value is -1.42. The van der Waals surface area contributed by atoms with E-state index in [4.69, 9.17) is 58.0 Å². The molecular formula is C21H22Cl5N3O4S. The Morgan fingerprint density at radius 2 is 1.53 bits per heavy atom. The molecule has 0 aromatic heterocycles. The van der Waals surface area contributed by atoms with Gasteiger partial charge in [-0.05, 0) is 30.7 Å². The highest BCUT2D eigenvalue weighted by Crippen LogP contribution is 2.36. The highest BCUT2D eigenvalue weighted by molar-refractivity contribution is 7.92. The van der Waals surface area contributed by atoms with Gasteiger partial charge < -0.3 is 10.2 Å². The highest BCUT2D eigenvalue weighted by atomic mass is 35.5. The van der Waals surface area contributed by atoms with Crippen LogP contribution in [0.3, 0.4) is 0 Å². The van der Waals surface area contributed by atoms with Crippen LogP contribution >= 0.6 is 58.0 Å². The third kappa shape index (κ3) is 6.83. The molecule has 186 valence electrons. The fourth-order valence-corrected chi connectivity index (χ4v) is 5.30. The molecule has 13 heteroatoms. The van der Waals surface area contributed by atoms with E-state index in [1.165, 1.54) is 24.1 Å². The molecule has 7 nitrogen and oxygen atoms in total. The van der Waals surface area contributed by atoms with Crippen LogP contribution in [0.1, 0.15) is 18.9 Å². The summed E-state index contributed by atoms with van der Waals surface area (Å²) >= 11 is 30.8. The van der Waals surface area contributed by atoms with E-state index in [0.29, 0.717) is 15.6 Å². The molecule has 2 aromatic carbocycles. The Morgan fingerprint density at radius 1 is 0.971 bits per heavy atom. The van der Waals surface area contributed by atoms with Gasteiger partial charge in [0.1, 0.15) is 12.6 Å². The van der Waals surface area contributed by atoms with Crippen molar-refractivity contribution < 1.29 is 18.0 Å². The SMILES string of the molecule is CCC(C(=O)NC)N(Cc1c(Cl)cccc1Cl)C(=O)CN(c1cc(Cl)c(Cl)cc1Cl)S(C)(=O)=O. The number of anilines is 1. The molecule has 0 saturated carbocycles. The molecule has 0 saturated heterocycles. The molecular weight excluding hydrogens is 568 g/mol. The minimum atomic E-state index is -4.00. The average Bonchev–Trinajstić information content (AvgIpc) is 2.75. The molecule has 0 bridgehead atoms. The minimum absolute atomic E-state index is 0.0216. The predicted octanol–water partition coefficient (Wildman–Crippen LogP) is 5.27.